The topological polar surface area (TPSA) is 63.4 Å². The number of rotatable bonds is 0. The van der Waals surface area contributed by atoms with Crippen molar-refractivity contribution in [3.05, 3.63) is 29.8 Å². The van der Waals surface area contributed by atoms with Gasteiger partial charge >= 0.3 is 6.03 Å². The third-order valence-corrected chi connectivity index (χ3v) is 2.31. The Balaban J connectivity index is 2.51. The number of carbonyl (C=O) groups is 2. The molecular weight excluding hydrogens is 180 g/mol. The van der Waals surface area contributed by atoms with Gasteiger partial charge in [0.2, 0.25) is 5.91 Å². The van der Waals surface area contributed by atoms with Crippen molar-refractivity contribution in [3.8, 4) is 0 Å². The minimum atomic E-state index is -0.706. The lowest BCUT2D eigenvalue weighted by Gasteiger charge is -2.25. The zero-order chi connectivity index (χ0) is 10.1. The van der Waals surface area contributed by atoms with Gasteiger partial charge in [0.15, 0.2) is 0 Å². The number of benzene rings is 1. The molecule has 0 spiro atoms. The molecular formula is C10H10N2O2. The zero-order valence-electron chi connectivity index (χ0n) is 7.56. The van der Waals surface area contributed by atoms with Crippen LogP contribution in [0.5, 0.6) is 0 Å². The second-order valence-electron chi connectivity index (χ2n) is 3.20. The van der Waals surface area contributed by atoms with Crippen LogP contribution in [0.25, 0.3) is 0 Å². The largest absolute Gasteiger partial charge is 0.351 e. The van der Waals surface area contributed by atoms with Gasteiger partial charge in [0.25, 0.3) is 0 Å². The van der Waals surface area contributed by atoms with Crippen LogP contribution < -0.4 is 10.6 Å². The van der Waals surface area contributed by atoms with Gasteiger partial charge in [0.05, 0.1) is 5.69 Å². The van der Waals surface area contributed by atoms with Crippen LogP contribution >= 0.6 is 0 Å². The van der Waals surface area contributed by atoms with Gasteiger partial charge in [0.1, 0.15) is 0 Å². The van der Waals surface area contributed by atoms with E-state index in [1.807, 2.05) is 12.1 Å². The number of fused-ring (bicyclic) bond motifs is 1. The number of nitrogens with zero attached hydrogens (tertiary/aromatic N) is 1. The summed E-state index contributed by atoms with van der Waals surface area (Å²) in [6.45, 7) is 0. The Morgan fingerprint density at radius 2 is 2.00 bits per heavy atom. The molecule has 0 radical (unpaired) electrons. The number of nitrogens with two attached hydrogens (primary N) is 1. The van der Waals surface area contributed by atoms with Gasteiger partial charge in [-0.05, 0) is 18.1 Å². The van der Waals surface area contributed by atoms with Gasteiger partial charge in [-0.3, -0.25) is 4.79 Å². The quantitative estimate of drug-likeness (QED) is 0.664. The number of amides is 3. The van der Waals surface area contributed by atoms with Crippen LogP contribution in [0, 0.1) is 0 Å². The Bertz CT molecular complexity index is 401. The molecule has 0 bridgehead atoms. The summed E-state index contributed by atoms with van der Waals surface area (Å²) >= 11 is 0. The molecule has 0 aliphatic carbocycles. The normalized spacial score (nSPS) is 15.1. The van der Waals surface area contributed by atoms with Crippen LogP contribution in [-0.2, 0) is 11.2 Å². The fraction of sp³-hybridized carbons (Fsp3) is 0.200. The van der Waals surface area contributed by atoms with E-state index in [1.54, 1.807) is 12.1 Å². The number of carbonyl (C=O) groups excluding carboxylic acids is 2. The molecule has 0 aromatic heterocycles. The summed E-state index contributed by atoms with van der Waals surface area (Å²) in [6.07, 6.45) is 1.03. The average molecular weight is 190 g/mol. The molecule has 1 aliphatic rings. The van der Waals surface area contributed by atoms with Gasteiger partial charge < -0.3 is 5.73 Å². The first-order valence-electron chi connectivity index (χ1n) is 4.40. The highest BCUT2D eigenvalue weighted by atomic mass is 16.2. The van der Waals surface area contributed by atoms with E-state index in [-0.39, 0.29) is 5.91 Å². The molecule has 1 aliphatic heterocycles. The van der Waals surface area contributed by atoms with Crippen LogP contribution in [-0.4, -0.2) is 11.9 Å². The average Bonchev–Trinajstić information content (AvgIpc) is 2.17. The summed E-state index contributed by atoms with van der Waals surface area (Å²) in [5, 5.41) is 0. The van der Waals surface area contributed by atoms with E-state index in [0.29, 0.717) is 18.5 Å². The van der Waals surface area contributed by atoms with Gasteiger partial charge in [0, 0.05) is 6.42 Å². The van der Waals surface area contributed by atoms with E-state index in [0.717, 1.165) is 10.5 Å². The number of hydrogen-bond acceptors (Lipinski definition) is 2. The Morgan fingerprint density at radius 3 is 2.71 bits per heavy atom. The lowest BCUT2D eigenvalue weighted by Crippen LogP contribution is -2.43. The monoisotopic (exact) mass is 190 g/mol. The summed E-state index contributed by atoms with van der Waals surface area (Å²) < 4.78 is 0. The van der Waals surface area contributed by atoms with Gasteiger partial charge in [-0.25, -0.2) is 9.69 Å². The fourth-order valence-electron chi connectivity index (χ4n) is 1.67. The molecule has 0 saturated carbocycles. The molecule has 1 aromatic carbocycles. The van der Waals surface area contributed by atoms with Crippen LogP contribution in [0.15, 0.2) is 24.3 Å². The minimum absolute atomic E-state index is 0.226. The number of anilines is 1. The molecule has 0 saturated heterocycles. The SMILES string of the molecule is NC(=O)N1C(=O)CCc2ccccc21. The number of urea groups is 1. The molecule has 0 fully saturated rings. The maximum atomic E-state index is 11.4. The van der Waals surface area contributed by atoms with Crippen molar-refractivity contribution in [3.63, 3.8) is 0 Å². The smallest absolute Gasteiger partial charge is 0.326 e. The van der Waals surface area contributed by atoms with Crippen LogP contribution in [0.4, 0.5) is 10.5 Å². The summed E-state index contributed by atoms with van der Waals surface area (Å²) in [5.74, 6) is -0.226. The van der Waals surface area contributed by atoms with Gasteiger partial charge in [-0.2, -0.15) is 0 Å². The predicted octanol–water partition coefficient (Wildman–Crippen LogP) is 1.04. The molecule has 1 aromatic rings. The predicted molar refractivity (Wildman–Crippen MR) is 51.8 cm³/mol. The van der Waals surface area contributed by atoms with Crippen LogP contribution in [0.3, 0.4) is 0 Å². The van der Waals surface area contributed by atoms with Gasteiger partial charge in [-0.1, -0.05) is 18.2 Å². The maximum Gasteiger partial charge on any atom is 0.326 e. The summed E-state index contributed by atoms with van der Waals surface area (Å²) in [7, 11) is 0. The van der Waals surface area contributed by atoms with E-state index < -0.39 is 6.03 Å². The highest BCUT2D eigenvalue weighted by molar-refractivity contribution is 6.15. The summed E-state index contributed by atoms with van der Waals surface area (Å²) in [6, 6.07) is 6.60. The first-order chi connectivity index (χ1) is 6.70. The van der Waals surface area contributed by atoms with E-state index >= 15 is 0 Å². The van der Waals surface area contributed by atoms with E-state index in [1.165, 1.54) is 0 Å². The van der Waals surface area contributed by atoms with Crippen molar-refractivity contribution in [2.24, 2.45) is 5.73 Å². The molecule has 2 rings (SSSR count). The van der Waals surface area contributed by atoms with Gasteiger partial charge in [-0.15, -0.1) is 0 Å². The van der Waals surface area contributed by atoms with E-state index in [2.05, 4.69) is 0 Å². The highest BCUT2D eigenvalue weighted by Crippen LogP contribution is 2.26. The number of hydrogen-bond donors (Lipinski definition) is 1. The molecule has 1 heterocycles. The third-order valence-electron chi connectivity index (χ3n) is 2.31. The summed E-state index contributed by atoms with van der Waals surface area (Å²) in [4.78, 5) is 23.5. The second kappa shape index (κ2) is 3.14. The molecule has 3 amide bonds. The number of imide groups is 1. The van der Waals surface area contributed by atoms with Crippen molar-refractivity contribution in [2.75, 3.05) is 4.90 Å². The van der Waals surface area contributed by atoms with Crippen molar-refractivity contribution in [2.45, 2.75) is 12.8 Å². The first kappa shape index (κ1) is 8.74. The highest BCUT2D eigenvalue weighted by Gasteiger charge is 2.27. The number of para-hydroxylation sites is 1. The number of primary amides is 1. The molecule has 72 valence electrons. The third kappa shape index (κ3) is 1.25. The Kier molecular flexibility index (Phi) is 1.96. The first-order valence-corrected chi connectivity index (χ1v) is 4.40. The van der Waals surface area contributed by atoms with Crippen molar-refractivity contribution >= 4 is 17.6 Å². The molecule has 2 N–H and O–H groups in total. The summed E-state index contributed by atoms with van der Waals surface area (Å²) in [5.41, 5.74) is 6.75. The van der Waals surface area contributed by atoms with Crippen molar-refractivity contribution in [1.29, 1.82) is 0 Å². The molecule has 14 heavy (non-hydrogen) atoms. The minimum Gasteiger partial charge on any atom is -0.351 e. The second-order valence-corrected chi connectivity index (χ2v) is 3.20. The standard InChI is InChI=1S/C10H10N2O2/c11-10(14)12-8-4-2-1-3-7(8)5-6-9(12)13/h1-4H,5-6H2,(H2,11,14). The fourth-order valence-corrected chi connectivity index (χ4v) is 1.67. The Morgan fingerprint density at radius 1 is 1.29 bits per heavy atom. The van der Waals surface area contributed by atoms with Crippen molar-refractivity contribution < 1.29 is 9.59 Å². The lowest BCUT2D eigenvalue weighted by molar-refractivity contribution is -0.118. The number of aryl methyl sites for hydroxylation is 1. The van der Waals surface area contributed by atoms with Crippen LogP contribution in [0.1, 0.15) is 12.0 Å². The van der Waals surface area contributed by atoms with Crippen molar-refractivity contribution in [1.82, 2.24) is 0 Å². The molecule has 0 atom stereocenters. The zero-order valence-corrected chi connectivity index (χ0v) is 7.56. The Hall–Kier alpha value is -1.84. The molecule has 4 nitrogen and oxygen atoms in total. The van der Waals surface area contributed by atoms with E-state index in [9.17, 15) is 9.59 Å². The maximum absolute atomic E-state index is 11.4. The van der Waals surface area contributed by atoms with E-state index in [4.69, 9.17) is 5.73 Å². The molecule has 0 unspecified atom stereocenters. The van der Waals surface area contributed by atoms with Crippen LogP contribution in [0.2, 0.25) is 0 Å². The lowest BCUT2D eigenvalue weighted by atomic mass is 10.0. The Labute approximate surface area is 81.3 Å². The molecule has 4 heteroatoms.